The third-order valence-corrected chi connectivity index (χ3v) is 5.64. The van der Waals surface area contributed by atoms with Gasteiger partial charge in [0.05, 0.1) is 10.7 Å². The van der Waals surface area contributed by atoms with Crippen LogP contribution in [0, 0.1) is 6.92 Å². The number of aryl methyl sites for hydroxylation is 2. The van der Waals surface area contributed by atoms with Crippen LogP contribution in [0.5, 0.6) is 5.75 Å². The lowest BCUT2D eigenvalue weighted by atomic mass is 10.1. The van der Waals surface area contributed by atoms with Crippen LogP contribution in [0.3, 0.4) is 0 Å². The molecule has 0 aliphatic rings. The molecule has 0 amide bonds. The molecule has 0 bridgehead atoms. The van der Waals surface area contributed by atoms with Gasteiger partial charge in [0.1, 0.15) is 18.5 Å². The summed E-state index contributed by atoms with van der Waals surface area (Å²) in [4.78, 5) is 18.1. The van der Waals surface area contributed by atoms with E-state index in [1.807, 2.05) is 66.9 Å². The van der Waals surface area contributed by atoms with Crippen LogP contribution >= 0.6 is 23.4 Å². The Morgan fingerprint density at radius 2 is 1.97 bits per heavy atom. The summed E-state index contributed by atoms with van der Waals surface area (Å²) in [6, 6.07) is 17.0. The maximum atomic E-state index is 12.9. The van der Waals surface area contributed by atoms with Gasteiger partial charge in [-0.1, -0.05) is 47.5 Å². The SMILES string of the molecule is Cc1ccc(C(=O)c2cc(Cl)cn2CCSc2cccc(O[C@@H](C)COO)c2)cc1. The summed E-state index contributed by atoms with van der Waals surface area (Å²) < 4.78 is 7.61. The van der Waals surface area contributed by atoms with Crippen LogP contribution < -0.4 is 4.74 Å². The van der Waals surface area contributed by atoms with Crippen molar-refractivity contribution in [2.24, 2.45) is 0 Å². The predicted octanol–water partition coefficient (Wildman–Crippen LogP) is 5.73. The van der Waals surface area contributed by atoms with Crippen molar-refractivity contribution in [3.63, 3.8) is 0 Å². The van der Waals surface area contributed by atoms with Crippen molar-refractivity contribution in [3.8, 4) is 5.75 Å². The Hall–Kier alpha value is -2.25. The first-order valence-corrected chi connectivity index (χ1v) is 11.0. The van der Waals surface area contributed by atoms with Crippen molar-refractivity contribution in [1.29, 1.82) is 0 Å². The predicted molar refractivity (Wildman–Crippen MR) is 120 cm³/mol. The number of benzene rings is 2. The third-order valence-electron chi connectivity index (χ3n) is 4.46. The third kappa shape index (κ3) is 6.12. The highest BCUT2D eigenvalue weighted by Gasteiger charge is 2.15. The Morgan fingerprint density at radius 3 is 2.70 bits per heavy atom. The second kappa shape index (κ2) is 10.7. The fourth-order valence-electron chi connectivity index (χ4n) is 2.97. The first kappa shape index (κ1) is 22.4. The van der Waals surface area contributed by atoms with Crippen molar-refractivity contribution in [2.45, 2.75) is 31.4 Å². The number of halogens is 1. The normalized spacial score (nSPS) is 12.0. The fraction of sp³-hybridized carbons (Fsp3) is 0.261. The van der Waals surface area contributed by atoms with Crippen molar-refractivity contribution in [3.05, 3.63) is 82.6 Å². The highest BCUT2D eigenvalue weighted by molar-refractivity contribution is 7.99. The van der Waals surface area contributed by atoms with E-state index in [1.165, 1.54) is 0 Å². The maximum absolute atomic E-state index is 12.9. The molecule has 0 fully saturated rings. The summed E-state index contributed by atoms with van der Waals surface area (Å²) >= 11 is 7.85. The number of aromatic nitrogens is 1. The molecule has 0 aliphatic heterocycles. The first-order valence-electron chi connectivity index (χ1n) is 9.59. The number of carbonyl (C=O) groups excluding carboxylic acids is 1. The van der Waals surface area contributed by atoms with Crippen LogP contribution in [0.1, 0.15) is 28.5 Å². The van der Waals surface area contributed by atoms with Crippen LogP contribution in [0.25, 0.3) is 0 Å². The molecule has 158 valence electrons. The van der Waals surface area contributed by atoms with Crippen LogP contribution in [-0.4, -0.2) is 34.1 Å². The molecule has 1 aromatic heterocycles. The number of hydrogen-bond acceptors (Lipinski definition) is 5. The standard InChI is InChI=1S/C23H24ClNO4S/c1-16-6-8-18(9-7-16)23(26)22-12-19(24)14-25(22)10-11-30-21-5-3-4-20(13-21)29-17(2)15-28-27/h3-9,12-14,17,27H,10-11,15H2,1-2H3/t17-/m0/s1. The molecule has 0 unspecified atom stereocenters. The average Bonchev–Trinajstić information content (AvgIpc) is 3.09. The average molecular weight is 446 g/mol. The molecule has 3 aromatic rings. The van der Waals surface area contributed by atoms with E-state index in [1.54, 1.807) is 24.0 Å². The van der Waals surface area contributed by atoms with Crippen molar-refractivity contribution >= 4 is 29.1 Å². The molecule has 0 spiro atoms. The van der Waals surface area contributed by atoms with Gasteiger partial charge in [0.2, 0.25) is 5.78 Å². The Bertz CT molecular complexity index is 987. The summed E-state index contributed by atoms with van der Waals surface area (Å²) in [6.07, 6.45) is 1.53. The molecule has 1 N–H and O–H groups in total. The lowest BCUT2D eigenvalue weighted by molar-refractivity contribution is -0.253. The van der Waals surface area contributed by atoms with Crippen molar-refractivity contribution in [2.75, 3.05) is 12.4 Å². The minimum absolute atomic E-state index is 0.0395. The molecular formula is C23H24ClNO4S. The van der Waals surface area contributed by atoms with Gasteiger partial charge in [-0.05, 0) is 38.1 Å². The molecule has 0 aliphatic carbocycles. The topological polar surface area (TPSA) is 60.7 Å². The van der Waals surface area contributed by atoms with Crippen molar-refractivity contribution < 1.29 is 19.7 Å². The minimum atomic E-state index is -0.257. The van der Waals surface area contributed by atoms with Gasteiger partial charge in [0.15, 0.2) is 0 Å². The fourth-order valence-corrected chi connectivity index (χ4v) is 4.09. The molecule has 0 radical (unpaired) electrons. The van der Waals surface area contributed by atoms with Gasteiger partial charge in [0, 0.05) is 29.0 Å². The van der Waals surface area contributed by atoms with Gasteiger partial charge >= 0.3 is 0 Å². The monoisotopic (exact) mass is 445 g/mol. The van der Waals surface area contributed by atoms with E-state index in [-0.39, 0.29) is 18.5 Å². The summed E-state index contributed by atoms with van der Waals surface area (Å²) in [5, 5.41) is 9.07. The number of carbonyl (C=O) groups is 1. The Morgan fingerprint density at radius 1 is 1.20 bits per heavy atom. The largest absolute Gasteiger partial charge is 0.488 e. The zero-order chi connectivity index (χ0) is 21.5. The van der Waals surface area contributed by atoms with E-state index in [0.717, 1.165) is 16.2 Å². The summed E-state index contributed by atoms with van der Waals surface area (Å²) in [5.41, 5.74) is 2.34. The minimum Gasteiger partial charge on any atom is -0.488 e. The van der Waals surface area contributed by atoms with Crippen molar-refractivity contribution in [1.82, 2.24) is 4.57 Å². The molecule has 3 rings (SSSR count). The number of ether oxygens (including phenoxy) is 1. The van der Waals surface area contributed by atoms with Gasteiger partial charge in [0.25, 0.3) is 0 Å². The summed E-state index contributed by atoms with van der Waals surface area (Å²) in [6.45, 7) is 4.55. The molecule has 30 heavy (non-hydrogen) atoms. The van der Waals surface area contributed by atoms with E-state index < -0.39 is 0 Å². The second-order valence-electron chi connectivity index (χ2n) is 6.98. The Balaban J connectivity index is 1.63. The first-order chi connectivity index (χ1) is 14.5. The van der Waals surface area contributed by atoms with Gasteiger partial charge in [-0.15, -0.1) is 11.8 Å². The van der Waals surface area contributed by atoms with Gasteiger partial charge in [-0.3, -0.25) is 10.1 Å². The Kier molecular flexibility index (Phi) is 7.99. The molecule has 1 atom stereocenters. The molecular weight excluding hydrogens is 422 g/mol. The molecule has 2 aromatic carbocycles. The number of ketones is 1. The van der Waals surface area contributed by atoms with Crippen LogP contribution in [0.2, 0.25) is 5.02 Å². The van der Waals surface area contributed by atoms with Gasteiger partial charge in [-0.25, -0.2) is 4.89 Å². The van der Waals surface area contributed by atoms with Gasteiger partial charge in [-0.2, -0.15) is 0 Å². The maximum Gasteiger partial charge on any atom is 0.209 e. The lowest BCUT2D eigenvalue weighted by Gasteiger charge is -2.13. The number of nitrogens with zero attached hydrogens (tertiary/aromatic N) is 1. The zero-order valence-electron chi connectivity index (χ0n) is 16.9. The quantitative estimate of drug-likeness (QED) is 0.187. The summed E-state index contributed by atoms with van der Waals surface area (Å²) in [5.74, 6) is 1.43. The van der Waals surface area contributed by atoms with E-state index in [4.69, 9.17) is 21.6 Å². The van der Waals surface area contributed by atoms with E-state index in [0.29, 0.717) is 28.6 Å². The van der Waals surface area contributed by atoms with Gasteiger partial charge < -0.3 is 9.30 Å². The van der Waals surface area contributed by atoms with Crippen LogP contribution in [0.4, 0.5) is 0 Å². The number of rotatable bonds is 10. The molecule has 0 saturated heterocycles. The molecule has 1 heterocycles. The Labute approximate surface area is 185 Å². The molecule has 7 heteroatoms. The van der Waals surface area contributed by atoms with Crippen LogP contribution in [0.15, 0.2) is 65.7 Å². The highest BCUT2D eigenvalue weighted by atomic mass is 35.5. The molecule has 5 nitrogen and oxygen atoms in total. The molecule has 0 saturated carbocycles. The number of hydrogen-bond donors (Lipinski definition) is 1. The van der Waals surface area contributed by atoms with Crippen LogP contribution in [-0.2, 0) is 11.4 Å². The second-order valence-corrected chi connectivity index (χ2v) is 8.58. The van der Waals surface area contributed by atoms with E-state index in [9.17, 15) is 4.79 Å². The van der Waals surface area contributed by atoms with E-state index in [2.05, 4.69) is 4.89 Å². The lowest BCUT2D eigenvalue weighted by Crippen LogP contribution is -2.18. The highest BCUT2D eigenvalue weighted by Crippen LogP contribution is 2.25. The smallest absolute Gasteiger partial charge is 0.209 e. The van der Waals surface area contributed by atoms with E-state index >= 15 is 0 Å². The number of thioether (sulfide) groups is 1. The zero-order valence-corrected chi connectivity index (χ0v) is 18.4. The summed E-state index contributed by atoms with van der Waals surface area (Å²) in [7, 11) is 0.